The maximum absolute atomic E-state index is 12.5. The van der Waals surface area contributed by atoms with Crippen molar-refractivity contribution in [2.24, 2.45) is 0 Å². The molecule has 4 nitrogen and oxygen atoms in total. The Morgan fingerprint density at radius 1 is 1.05 bits per heavy atom. The highest BCUT2D eigenvalue weighted by Gasteiger charge is 2.32. The first-order valence-corrected chi connectivity index (χ1v) is 6.48. The lowest BCUT2D eigenvalue weighted by molar-refractivity contribution is -0.141. The summed E-state index contributed by atoms with van der Waals surface area (Å²) in [5.41, 5.74) is 1.99. The average molecular weight is 304 g/mol. The number of pyridine rings is 1. The monoisotopic (exact) mass is 304 g/mol. The molecule has 3 heterocycles. The molecule has 112 valence electrons. The van der Waals surface area contributed by atoms with E-state index in [1.165, 1.54) is 18.6 Å². The molecule has 0 unspecified atom stereocenters. The van der Waals surface area contributed by atoms with Crippen molar-refractivity contribution in [3.8, 4) is 11.3 Å². The number of halogens is 3. The van der Waals surface area contributed by atoms with Crippen molar-refractivity contribution in [1.29, 1.82) is 0 Å². The van der Waals surface area contributed by atoms with Crippen LogP contribution >= 0.6 is 0 Å². The summed E-state index contributed by atoms with van der Waals surface area (Å²) < 4.78 is 37.5. The molecular weight excluding hydrogens is 293 g/mol. The van der Waals surface area contributed by atoms with Gasteiger partial charge in [0.1, 0.15) is 12.0 Å². The zero-order chi connectivity index (χ0) is 15.6. The first kappa shape index (κ1) is 14.2. The van der Waals surface area contributed by atoms with Gasteiger partial charge in [-0.25, -0.2) is 9.97 Å². The number of hydrogen-bond donors (Lipinski definition) is 1. The van der Waals surface area contributed by atoms with Crippen LogP contribution < -0.4 is 0 Å². The number of nitrogens with zero attached hydrogens (tertiary/aromatic N) is 3. The second-order valence-electron chi connectivity index (χ2n) is 4.72. The summed E-state index contributed by atoms with van der Waals surface area (Å²) in [7, 11) is 0. The number of hydrogen-bond acceptors (Lipinski definition) is 3. The van der Waals surface area contributed by atoms with E-state index >= 15 is 0 Å². The lowest BCUT2D eigenvalue weighted by Crippen LogP contribution is -2.07. The van der Waals surface area contributed by atoms with E-state index in [0.717, 1.165) is 17.3 Å². The van der Waals surface area contributed by atoms with Crippen LogP contribution in [0.1, 0.15) is 17.0 Å². The van der Waals surface area contributed by atoms with E-state index < -0.39 is 11.9 Å². The molecule has 0 aliphatic carbocycles. The lowest BCUT2D eigenvalue weighted by atomic mass is 10.1. The first-order valence-electron chi connectivity index (χ1n) is 6.48. The van der Waals surface area contributed by atoms with E-state index in [-0.39, 0.29) is 0 Å². The molecule has 7 heteroatoms. The van der Waals surface area contributed by atoms with Crippen molar-refractivity contribution in [3.05, 3.63) is 66.1 Å². The molecule has 22 heavy (non-hydrogen) atoms. The van der Waals surface area contributed by atoms with Gasteiger partial charge in [0.2, 0.25) is 0 Å². The van der Waals surface area contributed by atoms with Crippen molar-refractivity contribution in [3.63, 3.8) is 0 Å². The highest BCUT2D eigenvalue weighted by Crippen LogP contribution is 2.28. The summed E-state index contributed by atoms with van der Waals surface area (Å²) in [5, 5.41) is 0. The van der Waals surface area contributed by atoms with Crippen LogP contribution in [0, 0.1) is 0 Å². The Bertz CT molecular complexity index is 749. The fourth-order valence-electron chi connectivity index (χ4n) is 2.04. The Morgan fingerprint density at radius 2 is 1.91 bits per heavy atom. The topological polar surface area (TPSA) is 54.5 Å². The van der Waals surface area contributed by atoms with Gasteiger partial charge in [-0.3, -0.25) is 4.98 Å². The molecule has 0 atom stereocenters. The molecule has 0 aliphatic rings. The van der Waals surface area contributed by atoms with E-state index in [9.17, 15) is 13.2 Å². The standard InChI is InChI=1S/C15H11F3N4/c16-15(17,18)14-2-1-11(8-20-14)13-6-12(21-9-22-13)5-10-3-4-19-7-10/h1-4,6-9,19H,5H2. The lowest BCUT2D eigenvalue weighted by Gasteiger charge is -2.07. The van der Waals surface area contributed by atoms with E-state index in [2.05, 4.69) is 19.9 Å². The van der Waals surface area contributed by atoms with Crippen molar-refractivity contribution in [1.82, 2.24) is 19.9 Å². The molecule has 0 saturated carbocycles. The average Bonchev–Trinajstić information content (AvgIpc) is 3.00. The summed E-state index contributed by atoms with van der Waals surface area (Å²) in [6, 6.07) is 5.99. The van der Waals surface area contributed by atoms with Crippen LogP contribution in [0.4, 0.5) is 13.2 Å². The van der Waals surface area contributed by atoms with Crippen molar-refractivity contribution in [2.75, 3.05) is 0 Å². The number of aromatic amines is 1. The minimum absolute atomic E-state index is 0.519. The third-order valence-corrected chi connectivity index (χ3v) is 3.12. The van der Waals surface area contributed by atoms with E-state index in [0.29, 0.717) is 17.7 Å². The highest BCUT2D eigenvalue weighted by molar-refractivity contribution is 5.58. The molecule has 0 radical (unpaired) electrons. The zero-order valence-corrected chi connectivity index (χ0v) is 11.3. The molecule has 0 saturated heterocycles. The largest absolute Gasteiger partial charge is 0.433 e. The smallest absolute Gasteiger partial charge is 0.367 e. The van der Waals surface area contributed by atoms with Crippen LogP contribution in [0.2, 0.25) is 0 Å². The van der Waals surface area contributed by atoms with Gasteiger partial charge in [-0.15, -0.1) is 0 Å². The second-order valence-corrected chi connectivity index (χ2v) is 4.72. The Hall–Kier alpha value is -2.70. The second kappa shape index (κ2) is 5.59. The molecule has 0 bridgehead atoms. The van der Waals surface area contributed by atoms with Gasteiger partial charge in [0.05, 0.1) is 5.69 Å². The van der Waals surface area contributed by atoms with Crippen LogP contribution in [0.15, 0.2) is 49.2 Å². The van der Waals surface area contributed by atoms with E-state index in [1.54, 1.807) is 6.07 Å². The van der Waals surface area contributed by atoms with Crippen LogP contribution in [0.25, 0.3) is 11.3 Å². The van der Waals surface area contributed by atoms with Gasteiger partial charge in [0, 0.05) is 36.3 Å². The number of H-pyrrole nitrogens is 1. The van der Waals surface area contributed by atoms with Gasteiger partial charge in [-0.05, 0) is 29.8 Å². The third-order valence-electron chi connectivity index (χ3n) is 3.12. The molecule has 0 aliphatic heterocycles. The molecule has 1 N–H and O–H groups in total. The quantitative estimate of drug-likeness (QED) is 0.806. The zero-order valence-electron chi connectivity index (χ0n) is 11.3. The number of nitrogens with one attached hydrogen (secondary N) is 1. The minimum atomic E-state index is -4.44. The summed E-state index contributed by atoms with van der Waals surface area (Å²) in [5.74, 6) is 0. The van der Waals surface area contributed by atoms with Gasteiger partial charge in [-0.2, -0.15) is 13.2 Å². The number of rotatable bonds is 3. The summed E-state index contributed by atoms with van der Waals surface area (Å²) in [6.45, 7) is 0. The summed E-state index contributed by atoms with van der Waals surface area (Å²) >= 11 is 0. The fraction of sp³-hybridized carbons (Fsp3) is 0.133. The molecule has 3 aromatic rings. The fourth-order valence-corrected chi connectivity index (χ4v) is 2.04. The Balaban J connectivity index is 1.85. The molecular formula is C15H11F3N4. The molecule has 0 aromatic carbocycles. The maximum atomic E-state index is 12.5. The molecule has 0 amide bonds. The highest BCUT2D eigenvalue weighted by atomic mass is 19.4. The van der Waals surface area contributed by atoms with E-state index in [1.807, 2.05) is 18.5 Å². The van der Waals surface area contributed by atoms with Gasteiger partial charge in [0.15, 0.2) is 0 Å². The maximum Gasteiger partial charge on any atom is 0.433 e. The van der Waals surface area contributed by atoms with Crippen LogP contribution in [0.5, 0.6) is 0 Å². The van der Waals surface area contributed by atoms with Gasteiger partial charge >= 0.3 is 6.18 Å². The van der Waals surface area contributed by atoms with Gasteiger partial charge < -0.3 is 4.98 Å². The predicted octanol–water partition coefficient (Wildman–Crippen LogP) is 3.48. The Labute approximate surface area is 124 Å². The molecule has 3 aromatic heterocycles. The summed E-state index contributed by atoms with van der Waals surface area (Å²) in [6.07, 6.45) is 2.43. The van der Waals surface area contributed by atoms with Crippen LogP contribution in [0.3, 0.4) is 0 Å². The minimum Gasteiger partial charge on any atom is -0.367 e. The number of alkyl halides is 3. The SMILES string of the molecule is FC(F)(F)c1ccc(-c2cc(Cc3cc[nH]c3)ncn2)cn1. The van der Waals surface area contributed by atoms with E-state index in [4.69, 9.17) is 0 Å². The van der Waals surface area contributed by atoms with Gasteiger partial charge in [0.25, 0.3) is 0 Å². The van der Waals surface area contributed by atoms with Gasteiger partial charge in [-0.1, -0.05) is 0 Å². The van der Waals surface area contributed by atoms with Crippen LogP contribution in [-0.4, -0.2) is 19.9 Å². The van der Waals surface area contributed by atoms with Crippen LogP contribution in [-0.2, 0) is 12.6 Å². The van der Waals surface area contributed by atoms with Crippen molar-refractivity contribution < 1.29 is 13.2 Å². The third kappa shape index (κ3) is 3.13. The molecule has 3 rings (SSSR count). The Morgan fingerprint density at radius 3 is 2.55 bits per heavy atom. The predicted molar refractivity (Wildman–Crippen MR) is 73.9 cm³/mol. The number of aromatic nitrogens is 4. The normalized spacial score (nSPS) is 11.6. The molecule has 0 fully saturated rings. The van der Waals surface area contributed by atoms with Crippen molar-refractivity contribution >= 4 is 0 Å². The molecule has 0 spiro atoms. The Kier molecular flexibility index (Phi) is 3.62. The summed E-state index contributed by atoms with van der Waals surface area (Å²) in [4.78, 5) is 14.7. The first-order chi connectivity index (χ1) is 10.5. The van der Waals surface area contributed by atoms with Crippen molar-refractivity contribution in [2.45, 2.75) is 12.6 Å².